The number of carbonyl (C=O) groups excluding carboxylic acids is 1. The lowest BCUT2D eigenvalue weighted by molar-refractivity contribution is 0.102. The molecule has 4 aromatic rings. The molecule has 0 aliphatic carbocycles. The summed E-state index contributed by atoms with van der Waals surface area (Å²) >= 11 is 0. The second-order valence-electron chi connectivity index (χ2n) is 6.54. The van der Waals surface area contributed by atoms with E-state index in [0.717, 1.165) is 11.1 Å². The molecule has 1 aromatic heterocycles. The number of rotatable bonds is 3. The minimum absolute atomic E-state index is 0.0313. The third kappa shape index (κ3) is 3.18. The standard InChI is InChI=1S/C23H17FN2O2/c1-14-12-15(10-11-19(14)24)16-6-2-5-9-21(16)26-23(28)18-13-25-20-8-4-3-7-17(20)22(18)27/h2-13H,1H3,(H,25,27)(H,26,28). The number of carbonyl (C=O) groups is 1. The SMILES string of the molecule is Cc1cc(-c2ccccc2NC(=O)c2c[nH]c3ccccc3c2=O)ccc1F. The van der Waals surface area contributed by atoms with E-state index in [-0.39, 0.29) is 16.8 Å². The zero-order chi connectivity index (χ0) is 19.7. The molecular weight excluding hydrogens is 355 g/mol. The Labute approximate surface area is 160 Å². The molecule has 4 nitrogen and oxygen atoms in total. The lowest BCUT2D eigenvalue weighted by Gasteiger charge is -2.12. The van der Waals surface area contributed by atoms with Crippen LogP contribution in [0.3, 0.4) is 0 Å². The van der Waals surface area contributed by atoms with Crippen LogP contribution in [0.15, 0.2) is 77.7 Å². The molecule has 4 rings (SSSR count). The largest absolute Gasteiger partial charge is 0.360 e. The number of nitrogens with one attached hydrogen (secondary N) is 2. The van der Waals surface area contributed by atoms with Gasteiger partial charge >= 0.3 is 0 Å². The van der Waals surface area contributed by atoms with Gasteiger partial charge in [0.1, 0.15) is 11.4 Å². The topological polar surface area (TPSA) is 62.0 Å². The smallest absolute Gasteiger partial charge is 0.261 e. The second-order valence-corrected chi connectivity index (χ2v) is 6.54. The molecule has 5 heteroatoms. The maximum atomic E-state index is 13.6. The predicted molar refractivity (Wildman–Crippen MR) is 109 cm³/mol. The molecule has 2 N–H and O–H groups in total. The molecule has 0 aliphatic rings. The Morgan fingerprint density at radius 3 is 2.57 bits per heavy atom. The molecular formula is C23H17FN2O2. The van der Waals surface area contributed by atoms with Crippen LogP contribution in [0.2, 0.25) is 0 Å². The maximum Gasteiger partial charge on any atom is 0.261 e. The van der Waals surface area contributed by atoms with Gasteiger partial charge in [-0.25, -0.2) is 4.39 Å². The summed E-state index contributed by atoms with van der Waals surface area (Å²) < 4.78 is 13.6. The fraction of sp³-hybridized carbons (Fsp3) is 0.0435. The van der Waals surface area contributed by atoms with Crippen LogP contribution in [0.25, 0.3) is 22.0 Å². The van der Waals surface area contributed by atoms with E-state index in [1.165, 1.54) is 12.3 Å². The van der Waals surface area contributed by atoms with Gasteiger partial charge in [0.2, 0.25) is 5.43 Å². The van der Waals surface area contributed by atoms with Crippen LogP contribution in [0.4, 0.5) is 10.1 Å². The molecule has 3 aromatic carbocycles. The summed E-state index contributed by atoms with van der Waals surface area (Å²) in [7, 11) is 0. The number of pyridine rings is 1. The minimum Gasteiger partial charge on any atom is -0.360 e. The molecule has 138 valence electrons. The summed E-state index contributed by atoms with van der Waals surface area (Å²) in [5.74, 6) is -0.786. The molecule has 28 heavy (non-hydrogen) atoms. The number of hydrogen-bond acceptors (Lipinski definition) is 2. The average molecular weight is 372 g/mol. The van der Waals surface area contributed by atoms with Gasteiger partial charge in [-0.1, -0.05) is 36.4 Å². The highest BCUT2D eigenvalue weighted by atomic mass is 19.1. The van der Waals surface area contributed by atoms with Crippen molar-refractivity contribution in [2.45, 2.75) is 6.92 Å². The number of halogens is 1. The Hall–Kier alpha value is -3.73. The van der Waals surface area contributed by atoms with Crippen molar-refractivity contribution in [1.82, 2.24) is 4.98 Å². The van der Waals surface area contributed by atoms with E-state index in [2.05, 4.69) is 10.3 Å². The number of aryl methyl sites for hydroxylation is 1. The van der Waals surface area contributed by atoms with E-state index in [1.807, 2.05) is 18.2 Å². The van der Waals surface area contributed by atoms with Crippen molar-refractivity contribution >= 4 is 22.5 Å². The van der Waals surface area contributed by atoms with Crippen LogP contribution in [-0.2, 0) is 0 Å². The van der Waals surface area contributed by atoms with Gasteiger partial charge in [0.25, 0.3) is 5.91 Å². The zero-order valence-corrected chi connectivity index (χ0v) is 15.1. The number of aromatic nitrogens is 1. The third-order valence-electron chi connectivity index (χ3n) is 4.68. The van der Waals surface area contributed by atoms with Gasteiger partial charge in [-0.2, -0.15) is 0 Å². The molecule has 0 atom stereocenters. The van der Waals surface area contributed by atoms with Gasteiger partial charge in [0.05, 0.1) is 0 Å². The van der Waals surface area contributed by atoms with Crippen LogP contribution < -0.4 is 10.7 Å². The number of H-pyrrole nitrogens is 1. The first-order chi connectivity index (χ1) is 13.5. The molecule has 0 fully saturated rings. The normalized spacial score (nSPS) is 10.8. The molecule has 0 bridgehead atoms. The summed E-state index contributed by atoms with van der Waals surface area (Å²) in [6.07, 6.45) is 1.42. The Balaban J connectivity index is 1.72. The average Bonchev–Trinajstić information content (AvgIpc) is 2.71. The number of para-hydroxylation sites is 2. The Kier molecular flexibility index (Phi) is 4.49. The van der Waals surface area contributed by atoms with Crippen LogP contribution >= 0.6 is 0 Å². The van der Waals surface area contributed by atoms with Gasteiger partial charge < -0.3 is 10.3 Å². The minimum atomic E-state index is -0.502. The summed E-state index contributed by atoms with van der Waals surface area (Å²) in [6, 6.07) is 19.0. The first-order valence-corrected chi connectivity index (χ1v) is 8.82. The number of benzene rings is 3. The van der Waals surface area contributed by atoms with E-state index in [9.17, 15) is 14.0 Å². The number of fused-ring (bicyclic) bond motifs is 1. The van der Waals surface area contributed by atoms with E-state index in [1.54, 1.807) is 49.4 Å². The van der Waals surface area contributed by atoms with Crippen molar-refractivity contribution in [2.75, 3.05) is 5.32 Å². The van der Waals surface area contributed by atoms with Crippen LogP contribution in [0.1, 0.15) is 15.9 Å². The van der Waals surface area contributed by atoms with Crippen molar-refractivity contribution < 1.29 is 9.18 Å². The lowest BCUT2D eigenvalue weighted by atomic mass is 10.0. The molecule has 0 spiro atoms. The number of aromatic amines is 1. The summed E-state index contributed by atoms with van der Waals surface area (Å²) in [4.78, 5) is 28.5. The van der Waals surface area contributed by atoms with E-state index in [4.69, 9.17) is 0 Å². The molecule has 0 unspecified atom stereocenters. The monoisotopic (exact) mass is 372 g/mol. The van der Waals surface area contributed by atoms with E-state index in [0.29, 0.717) is 22.2 Å². The molecule has 1 heterocycles. The van der Waals surface area contributed by atoms with Crippen molar-refractivity contribution in [1.29, 1.82) is 0 Å². The first-order valence-electron chi connectivity index (χ1n) is 8.82. The lowest BCUT2D eigenvalue weighted by Crippen LogP contribution is -2.22. The van der Waals surface area contributed by atoms with Crippen molar-refractivity contribution in [3.63, 3.8) is 0 Å². The Bertz CT molecular complexity index is 1260. The third-order valence-corrected chi connectivity index (χ3v) is 4.68. The molecule has 0 saturated heterocycles. The van der Waals surface area contributed by atoms with Crippen LogP contribution in [0.5, 0.6) is 0 Å². The highest BCUT2D eigenvalue weighted by Gasteiger charge is 2.15. The first kappa shape index (κ1) is 17.7. The summed E-state index contributed by atoms with van der Waals surface area (Å²) in [6.45, 7) is 1.69. The highest BCUT2D eigenvalue weighted by Crippen LogP contribution is 2.29. The van der Waals surface area contributed by atoms with Gasteiger partial charge in [0.15, 0.2) is 0 Å². The number of amides is 1. The Morgan fingerprint density at radius 2 is 1.75 bits per heavy atom. The molecule has 0 aliphatic heterocycles. The molecule has 0 radical (unpaired) electrons. The van der Waals surface area contributed by atoms with Crippen LogP contribution in [0, 0.1) is 12.7 Å². The second kappa shape index (κ2) is 7.12. The molecule has 1 amide bonds. The Morgan fingerprint density at radius 1 is 1.00 bits per heavy atom. The number of hydrogen-bond donors (Lipinski definition) is 2. The fourth-order valence-electron chi connectivity index (χ4n) is 3.18. The van der Waals surface area contributed by atoms with Gasteiger partial charge in [-0.05, 0) is 48.4 Å². The van der Waals surface area contributed by atoms with Crippen molar-refractivity contribution in [2.24, 2.45) is 0 Å². The quantitative estimate of drug-likeness (QED) is 0.538. The van der Waals surface area contributed by atoms with E-state index >= 15 is 0 Å². The summed E-state index contributed by atoms with van der Waals surface area (Å²) in [5, 5.41) is 3.27. The zero-order valence-electron chi connectivity index (χ0n) is 15.1. The van der Waals surface area contributed by atoms with Crippen molar-refractivity contribution in [3.05, 3.63) is 100 Å². The van der Waals surface area contributed by atoms with Gasteiger partial charge in [0, 0.05) is 28.4 Å². The predicted octanol–water partition coefficient (Wildman–Crippen LogP) is 4.89. The van der Waals surface area contributed by atoms with Crippen LogP contribution in [-0.4, -0.2) is 10.9 Å². The van der Waals surface area contributed by atoms with Crippen molar-refractivity contribution in [3.8, 4) is 11.1 Å². The maximum absolute atomic E-state index is 13.6. The molecule has 0 saturated carbocycles. The number of anilines is 1. The summed E-state index contributed by atoms with van der Waals surface area (Å²) in [5.41, 5.74) is 2.96. The van der Waals surface area contributed by atoms with Gasteiger partial charge in [-0.15, -0.1) is 0 Å². The fourth-order valence-corrected chi connectivity index (χ4v) is 3.18. The highest BCUT2D eigenvalue weighted by molar-refractivity contribution is 6.07. The van der Waals surface area contributed by atoms with E-state index < -0.39 is 5.91 Å². The van der Waals surface area contributed by atoms with Gasteiger partial charge in [-0.3, -0.25) is 9.59 Å².